The summed E-state index contributed by atoms with van der Waals surface area (Å²) in [6.07, 6.45) is 2.59. The van der Waals surface area contributed by atoms with Crippen LogP contribution in [0.25, 0.3) is 10.9 Å². The summed E-state index contributed by atoms with van der Waals surface area (Å²) in [5.41, 5.74) is 2.68. The summed E-state index contributed by atoms with van der Waals surface area (Å²) in [6, 6.07) is 1.55. The Morgan fingerprint density at radius 3 is 2.67 bits per heavy atom. The van der Waals surface area contributed by atoms with Crippen LogP contribution >= 0.6 is 0 Å². The number of fused-ring (bicyclic) bond motifs is 1. The average molecular weight is 208 g/mol. The third-order valence-electron chi connectivity index (χ3n) is 2.38. The molecule has 82 valence electrons. The molecule has 0 spiro atoms. The molecular weight excluding hydrogens is 191 g/mol. The van der Waals surface area contributed by atoms with Crippen molar-refractivity contribution in [3.05, 3.63) is 29.2 Å². The van der Waals surface area contributed by atoms with E-state index in [1.54, 1.807) is 12.3 Å². The predicted molar refractivity (Wildman–Crippen MR) is 61.5 cm³/mol. The Bertz CT molecular complexity index is 446. The molecule has 1 heterocycles. The van der Waals surface area contributed by atoms with Gasteiger partial charge in [-0.1, -0.05) is 20.8 Å². The molecule has 2 nitrogen and oxygen atoms in total. The van der Waals surface area contributed by atoms with Crippen LogP contribution in [0.3, 0.4) is 0 Å². The first-order chi connectivity index (χ1) is 7.24. The Kier molecular flexibility index (Phi) is 3.83. The van der Waals surface area contributed by atoms with Crippen LogP contribution in [0.15, 0.2) is 12.3 Å². The molecular formula is C12H17FN2. The number of H-pyrrole nitrogens is 1. The van der Waals surface area contributed by atoms with Crippen LogP contribution in [0.1, 0.15) is 31.9 Å². The van der Waals surface area contributed by atoms with E-state index in [1.165, 1.54) is 5.56 Å². The van der Waals surface area contributed by atoms with E-state index in [9.17, 15) is 4.39 Å². The van der Waals surface area contributed by atoms with Gasteiger partial charge in [-0.3, -0.25) is 5.10 Å². The summed E-state index contributed by atoms with van der Waals surface area (Å²) in [5.74, 6) is -0.220. The van der Waals surface area contributed by atoms with Crippen LogP contribution in [0, 0.1) is 12.7 Å². The van der Waals surface area contributed by atoms with E-state index >= 15 is 0 Å². The van der Waals surface area contributed by atoms with E-state index in [2.05, 4.69) is 17.1 Å². The van der Waals surface area contributed by atoms with Gasteiger partial charge in [0.1, 0.15) is 11.3 Å². The van der Waals surface area contributed by atoms with Crippen LogP contribution in [0.5, 0.6) is 0 Å². The molecule has 1 N–H and O–H groups in total. The van der Waals surface area contributed by atoms with Crippen LogP contribution in [-0.4, -0.2) is 10.2 Å². The quantitative estimate of drug-likeness (QED) is 0.762. The van der Waals surface area contributed by atoms with Gasteiger partial charge in [0.15, 0.2) is 0 Å². The van der Waals surface area contributed by atoms with Crippen molar-refractivity contribution in [1.82, 2.24) is 10.2 Å². The molecule has 1 aromatic carbocycles. The number of rotatable bonds is 1. The molecule has 0 aliphatic heterocycles. The fourth-order valence-electron chi connectivity index (χ4n) is 1.73. The van der Waals surface area contributed by atoms with E-state index in [-0.39, 0.29) is 5.82 Å². The highest BCUT2D eigenvalue weighted by Gasteiger charge is 2.09. The zero-order valence-corrected chi connectivity index (χ0v) is 9.69. The van der Waals surface area contributed by atoms with E-state index in [4.69, 9.17) is 0 Å². The summed E-state index contributed by atoms with van der Waals surface area (Å²) >= 11 is 0. The van der Waals surface area contributed by atoms with Crippen molar-refractivity contribution in [2.75, 3.05) is 0 Å². The summed E-state index contributed by atoms with van der Waals surface area (Å²) in [4.78, 5) is 0. The van der Waals surface area contributed by atoms with Gasteiger partial charge in [0.2, 0.25) is 0 Å². The summed E-state index contributed by atoms with van der Waals surface area (Å²) < 4.78 is 13.3. The van der Waals surface area contributed by atoms with E-state index in [0.717, 1.165) is 17.4 Å². The first kappa shape index (κ1) is 11.7. The smallest absolute Gasteiger partial charge is 0.149 e. The number of nitrogens with zero attached hydrogens (tertiary/aromatic N) is 1. The van der Waals surface area contributed by atoms with E-state index < -0.39 is 0 Å². The topological polar surface area (TPSA) is 28.7 Å². The number of benzene rings is 1. The lowest BCUT2D eigenvalue weighted by Crippen LogP contribution is -1.90. The number of aromatic nitrogens is 2. The van der Waals surface area contributed by atoms with Gasteiger partial charge in [0, 0.05) is 5.39 Å². The molecule has 0 aliphatic carbocycles. The van der Waals surface area contributed by atoms with Crippen molar-refractivity contribution < 1.29 is 4.39 Å². The lowest BCUT2D eigenvalue weighted by Gasteiger charge is -2.04. The Morgan fingerprint density at radius 1 is 1.40 bits per heavy atom. The third-order valence-corrected chi connectivity index (χ3v) is 2.38. The minimum atomic E-state index is -0.220. The number of aromatic amines is 1. The van der Waals surface area contributed by atoms with Gasteiger partial charge in [0.05, 0.1) is 6.20 Å². The monoisotopic (exact) mass is 208 g/mol. The molecule has 0 fully saturated rings. The van der Waals surface area contributed by atoms with Crippen molar-refractivity contribution in [1.29, 1.82) is 0 Å². The molecule has 2 aromatic rings. The largest absolute Gasteiger partial charge is 0.275 e. The number of hydrogen-bond acceptors (Lipinski definition) is 1. The van der Waals surface area contributed by atoms with Crippen molar-refractivity contribution in [2.45, 2.75) is 34.1 Å². The normalized spacial score (nSPS) is 9.93. The minimum absolute atomic E-state index is 0.220. The fraction of sp³-hybridized carbons (Fsp3) is 0.417. The minimum Gasteiger partial charge on any atom is -0.275 e. The van der Waals surface area contributed by atoms with Crippen molar-refractivity contribution >= 4 is 10.9 Å². The fourth-order valence-corrected chi connectivity index (χ4v) is 1.73. The SMILES string of the molecule is CC.CCc1c(C)cc(F)c2[nH]ncc12. The maximum atomic E-state index is 13.3. The first-order valence-electron chi connectivity index (χ1n) is 5.35. The van der Waals surface area contributed by atoms with Crippen molar-refractivity contribution in [3.63, 3.8) is 0 Å². The Balaban J connectivity index is 0.000000531. The molecule has 0 atom stereocenters. The molecule has 3 heteroatoms. The number of hydrogen-bond donors (Lipinski definition) is 1. The van der Waals surface area contributed by atoms with Gasteiger partial charge >= 0.3 is 0 Å². The van der Waals surface area contributed by atoms with Gasteiger partial charge in [-0.2, -0.15) is 5.10 Å². The zero-order valence-electron chi connectivity index (χ0n) is 9.69. The molecule has 0 radical (unpaired) electrons. The number of halogens is 1. The number of aryl methyl sites for hydroxylation is 2. The lowest BCUT2D eigenvalue weighted by atomic mass is 10.0. The zero-order chi connectivity index (χ0) is 11.4. The van der Waals surface area contributed by atoms with Gasteiger partial charge in [-0.25, -0.2) is 4.39 Å². The third kappa shape index (κ3) is 2.01. The second kappa shape index (κ2) is 4.91. The highest BCUT2D eigenvalue weighted by molar-refractivity contribution is 5.83. The molecule has 0 saturated heterocycles. The highest BCUT2D eigenvalue weighted by atomic mass is 19.1. The van der Waals surface area contributed by atoms with Gasteiger partial charge < -0.3 is 0 Å². The molecule has 0 aliphatic rings. The summed E-state index contributed by atoms with van der Waals surface area (Å²) in [7, 11) is 0. The highest BCUT2D eigenvalue weighted by Crippen LogP contribution is 2.23. The summed E-state index contributed by atoms with van der Waals surface area (Å²) in [5, 5.41) is 7.41. The molecule has 0 amide bonds. The number of nitrogens with one attached hydrogen (secondary N) is 1. The van der Waals surface area contributed by atoms with Crippen LogP contribution < -0.4 is 0 Å². The molecule has 0 unspecified atom stereocenters. The first-order valence-corrected chi connectivity index (χ1v) is 5.35. The maximum Gasteiger partial charge on any atom is 0.149 e. The molecule has 1 aromatic heterocycles. The van der Waals surface area contributed by atoms with Crippen LogP contribution in [0.4, 0.5) is 4.39 Å². The molecule has 2 rings (SSSR count). The molecule has 15 heavy (non-hydrogen) atoms. The van der Waals surface area contributed by atoms with E-state index in [1.807, 2.05) is 20.8 Å². The predicted octanol–water partition coefficient (Wildman–Crippen LogP) is 3.60. The standard InChI is InChI=1S/C10H11FN2.C2H6/c1-3-7-6(2)4-9(11)10-8(7)5-12-13-10;1-2/h4-5H,3H2,1-2H3,(H,12,13);1-2H3. The lowest BCUT2D eigenvalue weighted by molar-refractivity contribution is 0.634. The second-order valence-corrected chi connectivity index (χ2v) is 3.17. The Morgan fingerprint density at radius 2 is 2.07 bits per heavy atom. The average Bonchev–Trinajstić information content (AvgIpc) is 2.70. The van der Waals surface area contributed by atoms with Crippen LogP contribution in [0.2, 0.25) is 0 Å². The maximum absolute atomic E-state index is 13.3. The summed E-state index contributed by atoms with van der Waals surface area (Å²) in [6.45, 7) is 7.99. The molecule has 0 saturated carbocycles. The molecule has 0 bridgehead atoms. The van der Waals surface area contributed by atoms with E-state index in [0.29, 0.717) is 5.52 Å². The van der Waals surface area contributed by atoms with Crippen molar-refractivity contribution in [3.8, 4) is 0 Å². The Labute approximate surface area is 89.5 Å². The second-order valence-electron chi connectivity index (χ2n) is 3.17. The van der Waals surface area contributed by atoms with Crippen molar-refractivity contribution in [2.24, 2.45) is 0 Å². The Hall–Kier alpha value is -1.38. The van der Waals surface area contributed by atoms with Gasteiger partial charge in [0.25, 0.3) is 0 Å². The van der Waals surface area contributed by atoms with Gasteiger partial charge in [-0.05, 0) is 30.5 Å². The van der Waals surface area contributed by atoms with Gasteiger partial charge in [-0.15, -0.1) is 0 Å². The van der Waals surface area contributed by atoms with Crippen LogP contribution in [-0.2, 0) is 6.42 Å².